The van der Waals surface area contributed by atoms with Crippen LogP contribution in [0.15, 0.2) is 24.3 Å². The minimum absolute atomic E-state index is 0.340. The lowest BCUT2D eigenvalue weighted by Gasteiger charge is -1.96. The molecule has 0 atom stereocenters. The van der Waals surface area contributed by atoms with Gasteiger partial charge in [0.25, 0.3) is 0 Å². The van der Waals surface area contributed by atoms with Crippen molar-refractivity contribution < 1.29 is 5.11 Å². The van der Waals surface area contributed by atoms with Gasteiger partial charge in [-0.15, -0.1) is 0 Å². The number of benzene rings is 1. The second-order valence-corrected chi connectivity index (χ2v) is 1.88. The lowest BCUT2D eigenvalue weighted by atomic mass is 10.1. The summed E-state index contributed by atoms with van der Waals surface area (Å²) >= 11 is 0. The van der Waals surface area contributed by atoms with Crippen molar-refractivity contribution in [2.45, 2.75) is 6.42 Å². The predicted octanol–water partition coefficient (Wildman–Crippen LogP) is 1.77. The number of rotatable bonds is 1. The molecule has 0 unspecified atom stereocenters. The van der Waals surface area contributed by atoms with E-state index >= 15 is 0 Å². The van der Waals surface area contributed by atoms with Crippen LogP contribution >= 0.6 is 0 Å². The molecule has 1 rings (SSSR count). The van der Waals surface area contributed by atoms with Gasteiger partial charge in [-0.1, -0.05) is 18.2 Å². The Morgan fingerprint density at radius 3 is 2.44 bits per heavy atom. The molecule has 9 heavy (non-hydrogen) atoms. The SMILES string of the molecule is [CH2]Cc1ccccc1O. The molecule has 1 N–H and O–H groups in total. The molecule has 1 radical (unpaired) electrons. The molecule has 0 saturated heterocycles. The first-order valence-electron chi connectivity index (χ1n) is 2.90. The molecule has 0 aliphatic carbocycles. The summed E-state index contributed by atoms with van der Waals surface area (Å²) in [6.07, 6.45) is 0.646. The standard InChI is InChI=1S/C8H9O/c1-2-7-5-3-4-6-8(7)9/h3-6,9H,1-2H2. The lowest BCUT2D eigenvalue weighted by molar-refractivity contribution is 0.469. The molecule has 0 saturated carbocycles. The minimum atomic E-state index is 0.340. The van der Waals surface area contributed by atoms with Crippen molar-refractivity contribution in [1.82, 2.24) is 0 Å². The summed E-state index contributed by atoms with van der Waals surface area (Å²) in [6, 6.07) is 7.22. The summed E-state index contributed by atoms with van der Waals surface area (Å²) < 4.78 is 0. The number of para-hydroxylation sites is 1. The van der Waals surface area contributed by atoms with E-state index in [1.807, 2.05) is 12.1 Å². The van der Waals surface area contributed by atoms with Crippen molar-refractivity contribution >= 4 is 0 Å². The van der Waals surface area contributed by atoms with Crippen LogP contribution in [0.1, 0.15) is 5.56 Å². The van der Waals surface area contributed by atoms with Gasteiger partial charge in [0.1, 0.15) is 5.75 Å². The zero-order valence-electron chi connectivity index (χ0n) is 5.17. The molecule has 0 aromatic heterocycles. The van der Waals surface area contributed by atoms with Gasteiger partial charge in [-0.3, -0.25) is 0 Å². The van der Waals surface area contributed by atoms with E-state index in [4.69, 9.17) is 5.11 Å². The van der Waals surface area contributed by atoms with Crippen LogP contribution in [0.5, 0.6) is 5.75 Å². The molecule has 0 aliphatic heterocycles. The maximum absolute atomic E-state index is 9.07. The highest BCUT2D eigenvalue weighted by Gasteiger charge is 1.92. The van der Waals surface area contributed by atoms with Crippen LogP contribution in [-0.4, -0.2) is 5.11 Å². The highest BCUT2D eigenvalue weighted by molar-refractivity contribution is 5.31. The fraction of sp³-hybridized carbons (Fsp3) is 0.125. The lowest BCUT2D eigenvalue weighted by Crippen LogP contribution is -1.78. The first-order valence-corrected chi connectivity index (χ1v) is 2.90. The summed E-state index contributed by atoms with van der Waals surface area (Å²) in [5.41, 5.74) is 0.900. The van der Waals surface area contributed by atoms with E-state index in [2.05, 4.69) is 6.92 Å². The Morgan fingerprint density at radius 1 is 1.33 bits per heavy atom. The van der Waals surface area contributed by atoms with Gasteiger partial charge in [-0.2, -0.15) is 0 Å². The second kappa shape index (κ2) is 2.53. The van der Waals surface area contributed by atoms with Crippen molar-refractivity contribution in [3.8, 4) is 5.75 Å². The van der Waals surface area contributed by atoms with Crippen molar-refractivity contribution in [3.05, 3.63) is 36.8 Å². The molecule has 47 valence electrons. The number of phenols is 1. The van der Waals surface area contributed by atoms with Gasteiger partial charge in [0.2, 0.25) is 0 Å². The summed E-state index contributed by atoms with van der Waals surface area (Å²) in [5.74, 6) is 0.340. The molecule has 1 nitrogen and oxygen atoms in total. The fourth-order valence-corrected chi connectivity index (χ4v) is 0.722. The summed E-state index contributed by atoms with van der Waals surface area (Å²) in [5, 5.41) is 9.07. The summed E-state index contributed by atoms with van der Waals surface area (Å²) in [4.78, 5) is 0. The number of aromatic hydroxyl groups is 1. The van der Waals surface area contributed by atoms with Gasteiger partial charge >= 0.3 is 0 Å². The van der Waals surface area contributed by atoms with Crippen molar-refractivity contribution in [2.24, 2.45) is 0 Å². The van der Waals surface area contributed by atoms with Crippen LogP contribution < -0.4 is 0 Å². The Labute approximate surface area is 55.0 Å². The third kappa shape index (κ3) is 1.22. The highest BCUT2D eigenvalue weighted by Crippen LogP contribution is 2.14. The van der Waals surface area contributed by atoms with E-state index in [1.165, 1.54) is 0 Å². The Balaban J connectivity index is 3.01. The van der Waals surface area contributed by atoms with Crippen molar-refractivity contribution in [2.75, 3.05) is 0 Å². The molecular weight excluding hydrogens is 112 g/mol. The minimum Gasteiger partial charge on any atom is -0.508 e. The second-order valence-electron chi connectivity index (χ2n) is 1.88. The van der Waals surface area contributed by atoms with Gasteiger partial charge in [-0.05, 0) is 25.0 Å². The average Bonchev–Trinajstić information content (AvgIpc) is 1.89. The fourth-order valence-electron chi connectivity index (χ4n) is 0.722. The Kier molecular flexibility index (Phi) is 1.73. The number of hydrogen-bond donors (Lipinski definition) is 1. The Hall–Kier alpha value is -0.980. The van der Waals surface area contributed by atoms with E-state index in [9.17, 15) is 0 Å². The first-order chi connectivity index (χ1) is 4.34. The van der Waals surface area contributed by atoms with Crippen LogP contribution in [0.3, 0.4) is 0 Å². The average molecular weight is 121 g/mol. The van der Waals surface area contributed by atoms with Gasteiger partial charge in [-0.25, -0.2) is 0 Å². The molecule has 1 aromatic rings. The molecular formula is C8H9O. The number of phenolic OH excluding ortho intramolecular Hbond substituents is 1. The maximum Gasteiger partial charge on any atom is 0.118 e. The van der Waals surface area contributed by atoms with Crippen LogP contribution in [0, 0.1) is 6.92 Å². The van der Waals surface area contributed by atoms with E-state index < -0.39 is 0 Å². The molecule has 0 amide bonds. The zero-order chi connectivity index (χ0) is 6.69. The third-order valence-electron chi connectivity index (χ3n) is 1.26. The van der Waals surface area contributed by atoms with Crippen molar-refractivity contribution in [1.29, 1.82) is 0 Å². The Morgan fingerprint density at radius 2 is 2.00 bits per heavy atom. The van der Waals surface area contributed by atoms with E-state index in [0.29, 0.717) is 12.2 Å². The molecule has 0 bridgehead atoms. The maximum atomic E-state index is 9.07. The molecule has 0 fully saturated rings. The van der Waals surface area contributed by atoms with Crippen molar-refractivity contribution in [3.63, 3.8) is 0 Å². The Bertz CT molecular complexity index is 194. The quantitative estimate of drug-likeness (QED) is 0.600. The van der Waals surface area contributed by atoms with E-state index in [-0.39, 0.29) is 0 Å². The van der Waals surface area contributed by atoms with E-state index in [0.717, 1.165) is 5.56 Å². The molecule has 0 aliphatic rings. The molecule has 1 aromatic carbocycles. The monoisotopic (exact) mass is 121 g/mol. The van der Waals surface area contributed by atoms with Gasteiger partial charge < -0.3 is 5.11 Å². The molecule has 0 heterocycles. The third-order valence-corrected chi connectivity index (χ3v) is 1.26. The van der Waals surface area contributed by atoms with E-state index in [1.54, 1.807) is 12.1 Å². The van der Waals surface area contributed by atoms with Crippen LogP contribution in [0.4, 0.5) is 0 Å². The summed E-state index contributed by atoms with van der Waals surface area (Å²) in [7, 11) is 0. The summed E-state index contributed by atoms with van der Waals surface area (Å²) in [6.45, 7) is 3.66. The predicted molar refractivity (Wildman–Crippen MR) is 37.2 cm³/mol. The van der Waals surface area contributed by atoms with Gasteiger partial charge in [0.15, 0.2) is 0 Å². The van der Waals surface area contributed by atoms with Gasteiger partial charge in [0.05, 0.1) is 0 Å². The normalized spacial score (nSPS) is 9.44. The highest BCUT2D eigenvalue weighted by atomic mass is 16.3. The first kappa shape index (κ1) is 6.14. The molecule has 0 spiro atoms. The largest absolute Gasteiger partial charge is 0.508 e. The zero-order valence-corrected chi connectivity index (χ0v) is 5.17. The van der Waals surface area contributed by atoms with Crippen LogP contribution in [0.2, 0.25) is 0 Å². The number of hydrogen-bond acceptors (Lipinski definition) is 1. The smallest absolute Gasteiger partial charge is 0.118 e. The topological polar surface area (TPSA) is 20.2 Å². The van der Waals surface area contributed by atoms with Crippen LogP contribution in [0.25, 0.3) is 0 Å². The molecule has 1 heteroatoms. The van der Waals surface area contributed by atoms with Crippen LogP contribution in [-0.2, 0) is 6.42 Å². The van der Waals surface area contributed by atoms with Gasteiger partial charge in [0, 0.05) is 0 Å².